The Morgan fingerprint density at radius 2 is 1.04 bits per heavy atom. The van der Waals surface area contributed by atoms with E-state index in [1.807, 2.05) is 37.4 Å². The Morgan fingerprint density at radius 1 is 0.588 bits per heavy atom. The number of hydrogen-bond donors (Lipinski definition) is 0. The van der Waals surface area contributed by atoms with Gasteiger partial charge in [0, 0.05) is 21.5 Å². The second-order valence-corrected chi connectivity index (χ2v) is 12.2. The number of fused-ring (bicyclic) bond motifs is 8. The Bertz CT molecular complexity index is 3140. The maximum atomic E-state index is 13.2. The summed E-state index contributed by atoms with van der Waals surface area (Å²) in [7, 11) is 0. The second kappa shape index (κ2) is 11.0. The van der Waals surface area contributed by atoms with Crippen LogP contribution in [0.1, 0.15) is 11.1 Å². The Labute approximate surface area is 285 Å². The molecule has 0 aliphatic heterocycles. The van der Waals surface area contributed by atoms with Gasteiger partial charge in [-0.1, -0.05) is 66.2 Å². The van der Waals surface area contributed by atoms with E-state index in [1.54, 1.807) is 24.3 Å². The number of benzene rings is 5. The van der Waals surface area contributed by atoms with Crippen molar-refractivity contribution in [3.8, 4) is 28.4 Å². The van der Waals surface area contributed by atoms with Crippen LogP contribution >= 0.6 is 0 Å². The Kier molecular flexibility index (Phi) is 6.44. The first-order chi connectivity index (χ1) is 24.7. The highest BCUT2D eigenvalue weighted by molar-refractivity contribution is 6.13. The predicted octanol–water partition coefficient (Wildman–Crippen LogP) is 8.84. The minimum Gasteiger partial charge on any atom is -0.244 e. The Balaban J connectivity index is 1.24. The summed E-state index contributed by atoms with van der Waals surface area (Å²) in [6.45, 7) is 9.57. The van der Waals surface area contributed by atoms with Crippen LogP contribution in [-0.2, 0) is 6.18 Å². The molecule has 240 valence electrons. The number of hydrogen-bond acceptors (Lipinski definition) is 7. The smallest absolute Gasteiger partial charge is 0.244 e. The third kappa shape index (κ3) is 4.75. The van der Waals surface area contributed by atoms with Crippen molar-refractivity contribution in [3.05, 3.63) is 130 Å². The van der Waals surface area contributed by atoms with Crippen LogP contribution < -0.4 is 10.7 Å². The van der Waals surface area contributed by atoms with Gasteiger partial charge in [0.2, 0.25) is 6.19 Å². The van der Waals surface area contributed by atoms with Gasteiger partial charge >= 0.3 is 6.18 Å². The number of nitrogens with zero attached hydrogens (tertiary/aromatic N) is 8. The largest absolute Gasteiger partial charge is 0.416 e. The molecule has 0 bridgehead atoms. The molecule has 0 aliphatic rings. The minimum absolute atomic E-state index is 0.323. The van der Waals surface area contributed by atoms with Gasteiger partial charge in [-0.3, -0.25) is 0 Å². The molecule has 9 rings (SSSR count). The standard InChI is InChI=1S/C40H19F3N8/c1-20-3-5-21(6-4-20)24-10-14-27-29(16-24)37(51-45-2)39-36(27)48-31-17-32-30(18-33(31)50-39)47-35-26-13-9-23(15-28(26)34(46-19-44)38(35)49-32)22-7-11-25(12-8-22)40(41,42)43/h3-18H,1H3/b46-34?,51-37+. The molecular weight excluding hydrogens is 649 g/mol. The van der Waals surface area contributed by atoms with Crippen molar-refractivity contribution in [2.75, 3.05) is 0 Å². The van der Waals surface area contributed by atoms with Gasteiger partial charge in [-0.25, -0.2) is 19.9 Å². The first-order valence-corrected chi connectivity index (χ1v) is 15.7. The molecule has 0 unspecified atom stereocenters. The fourth-order valence-electron chi connectivity index (χ4n) is 6.73. The fraction of sp³-hybridized carbons (Fsp3) is 0.0500. The van der Waals surface area contributed by atoms with E-state index in [4.69, 9.17) is 26.5 Å². The third-order valence-corrected chi connectivity index (χ3v) is 9.20. The van der Waals surface area contributed by atoms with Crippen LogP contribution in [0.3, 0.4) is 0 Å². The molecule has 11 heteroatoms. The summed E-state index contributed by atoms with van der Waals surface area (Å²) < 4.78 is 39.5. The van der Waals surface area contributed by atoms with E-state index in [1.165, 1.54) is 12.1 Å². The number of aromatic nitrogens is 4. The summed E-state index contributed by atoms with van der Waals surface area (Å²) in [5.74, 6) is 0. The van der Waals surface area contributed by atoms with Gasteiger partial charge in [0.1, 0.15) is 16.4 Å². The van der Waals surface area contributed by atoms with Gasteiger partial charge in [-0.05, 0) is 65.6 Å². The summed E-state index contributed by atoms with van der Waals surface area (Å²) >= 11 is 0. The van der Waals surface area contributed by atoms with Crippen molar-refractivity contribution in [2.45, 2.75) is 13.1 Å². The van der Waals surface area contributed by atoms with E-state index < -0.39 is 11.7 Å². The molecule has 8 nitrogen and oxygen atoms in total. The van der Waals surface area contributed by atoms with Crippen molar-refractivity contribution in [1.29, 1.82) is 5.26 Å². The second-order valence-electron chi connectivity index (χ2n) is 12.2. The monoisotopic (exact) mass is 668 g/mol. The van der Waals surface area contributed by atoms with Crippen molar-refractivity contribution in [3.63, 3.8) is 0 Å². The lowest BCUT2D eigenvalue weighted by Gasteiger charge is -2.08. The molecule has 0 fully saturated rings. The molecule has 0 aliphatic carbocycles. The van der Waals surface area contributed by atoms with Gasteiger partial charge in [0.15, 0.2) is 5.36 Å². The lowest BCUT2D eigenvalue weighted by atomic mass is 10.0. The number of rotatable bonds is 2. The topological polar surface area (TPSA) is 104 Å². The van der Waals surface area contributed by atoms with Crippen LogP contribution in [0.25, 0.3) is 92.9 Å². The zero-order valence-corrected chi connectivity index (χ0v) is 26.4. The molecule has 0 saturated carbocycles. The number of halogens is 3. The summed E-state index contributed by atoms with van der Waals surface area (Å²) in [6.07, 6.45) is -2.58. The van der Waals surface area contributed by atoms with Crippen molar-refractivity contribution < 1.29 is 13.2 Å². The summed E-state index contributed by atoms with van der Waals surface area (Å²) in [5.41, 5.74) is 7.89. The van der Waals surface area contributed by atoms with E-state index in [-0.39, 0.29) is 0 Å². The van der Waals surface area contributed by atoms with E-state index >= 15 is 0 Å². The van der Waals surface area contributed by atoms with Gasteiger partial charge in [-0.2, -0.15) is 30.0 Å². The predicted molar refractivity (Wildman–Crippen MR) is 189 cm³/mol. The van der Waals surface area contributed by atoms with E-state index in [9.17, 15) is 18.4 Å². The zero-order valence-electron chi connectivity index (χ0n) is 26.4. The van der Waals surface area contributed by atoms with E-state index in [0.29, 0.717) is 76.7 Å². The lowest BCUT2D eigenvalue weighted by molar-refractivity contribution is -0.137. The highest BCUT2D eigenvalue weighted by atomic mass is 19.4. The number of aryl methyl sites for hydroxylation is 1. The van der Waals surface area contributed by atoms with Crippen molar-refractivity contribution in [1.82, 2.24) is 19.9 Å². The van der Waals surface area contributed by atoms with Crippen LogP contribution in [0.2, 0.25) is 0 Å². The molecule has 2 heterocycles. The summed E-state index contributed by atoms with van der Waals surface area (Å²) in [6, 6.07) is 28.1. The molecule has 9 aromatic rings. The molecule has 0 amide bonds. The number of nitriles is 1. The Hall–Kier alpha value is -7.11. The number of alkyl halides is 3. The van der Waals surface area contributed by atoms with E-state index in [2.05, 4.69) is 39.3 Å². The summed E-state index contributed by atoms with van der Waals surface area (Å²) in [5, 5.41) is 17.4. The highest BCUT2D eigenvalue weighted by Crippen LogP contribution is 2.34. The fourth-order valence-corrected chi connectivity index (χ4v) is 6.73. The third-order valence-electron chi connectivity index (χ3n) is 9.20. The van der Waals surface area contributed by atoms with Crippen LogP contribution in [0, 0.1) is 25.0 Å². The first kappa shape index (κ1) is 30.0. The van der Waals surface area contributed by atoms with Crippen LogP contribution in [0.5, 0.6) is 0 Å². The van der Waals surface area contributed by atoms with Crippen molar-refractivity contribution >= 4 is 65.7 Å². The minimum atomic E-state index is -4.44. The maximum absolute atomic E-state index is 13.2. The molecule has 7 aromatic carbocycles. The molecule has 2 aromatic heterocycles. The average molecular weight is 669 g/mol. The normalized spacial score (nSPS) is 12.9. The SMILES string of the molecule is [C-]#[N+]/N=c1\c2cc(-c3ccc(C)cc3)ccc2c2nc3cc4nc5c(=NC#N)c6cc(-c7ccc(C(F)(F)F)cc7)ccc6c5nc4cc3nc12. The van der Waals surface area contributed by atoms with Gasteiger partial charge in [0.25, 0.3) is 0 Å². The van der Waals surface area contributed by atoms with Crippen LogP contribution in [0.4, 0.5) is 13.2 Å². The van der Waals surface area contributed by atoms with Gasteiger partial charge in [0.05, 0.1) is 43.8 Å². The molecule has 0 atom stereocenters. The molecule has 51 heavy (non-hydrogen) atoms. The molecule has 0 spiro atoms. The van der Waals surface area contributed by atoms with Gasteiger partial charge < -0.3 is 0 Å². The van der Waals surface area contributed by atoms with Gasteiger partial charge in [-0.15, -0.1) is 4.95 Å². The molecule has 0 N–H and O–H groups in total. The Morgan fingerprint density at radius 3 is 1.53 bits per heavy atom. The van der Waals surface area contributed by atoms with Crippen LogP contribution in [0.15, 0.2) is 107 Å². The first-order valence-electron chi connectivity index (χ1n) is 15.7. The zero-order chi connectivity index (χ0) is 35.0. The maximum Gasteiger partial charge on any atom is 0.416 e. The van der Waals surface area contributed by atoms with Crippen LogP contribution in [-0.4, -0.2) is 19.9 Å². The summed E-state index contributed by atoms with van der Waals surface area (Å²) in [4.78, 5) is 27.2. The highest BCUT2D eigenvalue weighted by Gasteiger charge is 2.30. The van der Waals surface area contributed by atoms with E-state index in [0.717, 1.165) is 39.6 Å². The van der Waals surface area contributed by atoms with Crippen molar-refractivity contribution in [2.24, 2.45) is 10.1 Å². The molecule has 0 radical (unpaired) electrons. The quantitative estimate of drug-likeness (QED) is 0.0792. The lowest BCUT2D eigenvalue weighted by Crippen LogP contribution is -2.04. The molecular formula is C40H19F3N8. The molecule has 0 saturated heterocycles. The average Bonchev–Trinajstić information content (AvgIpc) is 3.59.